The van der Waals surface area contributed by atoms with Gasteiger partial charge in [0.2, 0.25) is 5.78 Å². The highest BCUT2D eigenvalue weighted by Gasteiger charge is 2.43. The molecule has 0 aromatic heterocycles. The van der Waals surface area contributed by atoms with E-state index < -0.39 is 6.23 Å². The molecule has 0 saturated heterocycles. The Balaban J connectivity index is 1.58. The Morgan fingerprint density at radius 1 is 1.07 bits per heavy atom. The monoisotopic (exact) mass is 466 g/mol. The molecular formula is C23H16BrClN2O2. The highest BCUT2D eigenvalue weighted by Crippen LogP contribution is 2.44. The van der Waals surface area contributed by atoms with E-state index in [1.54, 1.807) is 17.1 Å². The second kappa shape index (κ2) is 7.32. The number of halogens is 2. The molecule has 0 aliphatic carbocycles. The Bertz CT molecular complexity index is 1120. The van der Waals surface area contributed by atoms with Crippen LogP contribution in [0.3, 0.4) is 0 Å². The van der Waals surface area contributed by atoms with Gasteiger partial charge in [0.1, 0.15) is 5.75 Å². The summed E-state index contributed by atoms with van der Waals surface area (Å²) in [4.78, 5) is 13.2. The van der Waals surface area contributed by atoms with E-state index in [2.05, 4.69) is 15.9 Å². The Labute approximate surface area is 181 Å². The number of ketones is 1. The molecule has 0 fully saturated rings. The first-order chi connectivity index (χ1) is 14.1. The zero-order valence-electron chi connectivity index (χ0n) is 15.3. The van der Waals surface area contributed by atoms with Gasteiger partial charge in [0.25, 0.3) is 6.23 Å². The molecule has 2 heterocycles. The zero-order valence-corrected chi connectivity index (χ0v) is 17.6. The average molecular weight is 468 g/mol. The molecule has 3 aromatic rings. The van der Waals surface area contributed by atoms with Crippen molar-refractivity contribution in [3.8, 4) is 5.75 Å². The Morgan fingerprint density at radius 2 is 1.83 bits per heavy atom. The third kappa shape index (κ3) is 3.34. The second-order valence-corrected chi connectivity index (χ2v) is 8.39. The van der Waals surface area contributed by atoms with Gasteiger partial charge < -0.3 is 4.74 Å². The van der Waals surface area contributed by atoms with E-state index in [0.717, 1.165) is 27.1 Å². The van der Waals surface area contributed by atoms with Gasteiger partial charge in [-0.15, -0.1) is 0 Å². The molecular weight excluding hydrogens is 452 g/mol. The number of hydrogen-bond acceptors (Lipinski definition) is 4. The van der Waals surface area contributed by atoms with Crippen LogP contribution in [0.1, 0.15) is 33.9 Å². The van der Waals surface area contributed by atoms with Crippen molar-refractivity contribution in [2.24, 2.45) is 5.10 Å². The van der Waals surface area contributed by atoms with Crippen molar-refractivity contribution in [1.29, 1.82) is 0 Å². The van der Waals surface area contributed by atoms with Gasteiger partial charge in [0.05, 0.1) is 11.8 Å². The summed E-state index contributed by atoms with van der Waals surface area (Å²) in [6, 6.07) is 22.6. The van der Waals surface area contributed by atoms with Crippen LogP contribution in [0.25, 0.3) is 0 Å². The molecule has 0 saturated carbocycles. The third-order valence-corrected chi connectivity index (χ3v) is 5.96. The molecule has 2 aliphatic rings. The number of rotatable bonds is 3. The largest absolute Gasteiger partial charge is 0.461 e. The zero-order chi connectivity index (χ0) is 20.0. The number of benzene rings is 3. The highest BCUT2D eigenvalue weighted by molar-refractivity contribution is 9.10. The second-order valence-electron chi connectivity index (χ2n) is 7.04. The fourth-order valence-electron chi connectivity index (χ4n) is 3.79. The maximum Gasteiger partial charge on any atom is 0.251 e. The topological polar surface area (TPSA) is 41.9 Å². The molecule has 0 bridgehead atoms. The Hall–Kier alpha value is -2.63. The van der Waals surface area contributed by atoms with Crippen LogP contribution in [0, 0.1) is 0 Å². The summed E-state index contributed by atoms with van der Waals surface area (Å²) < 4.78 is 7.11. The van der Waals surface area contributed by atoms with Crippen molar-refractivity contribution in [2.45, 2.75) is 18.7 Å². The predicted octanol–water partition coefficient (Wildman–Crippen LogP) is 5.86. The SMILES string of the molecule is O=C(c1ccccc1)[C@@H]1Oc2ccc(Br)cc2[C@H]2CC(c3ccc(Cl)cc3)=NN21. The molecule has 29 heavy (non-hydrogen) atoms. The predicted molar refractivity (Wildman–Crippen MR) is 117 cm³/mol. The van der Waals surface area contributed by atoms with E-state index >= 15 is 0 Å². The number of nitrogens with zero attached hydrogens (tertiary/aromatic N) is 2. The number of carbonyl (C=O) groups is 1. The molecule has 5 rings (SSSR count). The maximum absolute atomic E-state index is 13.2. The van der Waals surface area contributed by atoms with E-state index in [0.29, 0.717) is 17.0 Å². The van der Waals surface area contributed by atoms with Gasteiger partial charge in [-0.1, -0.05) is 70.0 Å². The third-order valence-electron chi connectivity index (χ3n) is 5.21. The number of Topliss-reactive ketones (excluding diaryl/α,β-unsaturated/α-hetero) is 1. The molecule has 6 heteroatoms. The smallest absolute Gasteiger partial charge is 0.251 e. The van der Waals surface area contributed by atoms with Gasteiger partial charge in [0.15, 0.2) is 0 Å². The highest BCUT2D eigenvalue weighted by atomic mass is 79.9. The van der Waals surface area contributed by atoms with Gasteiger partial charge in [-0.3, -0.25) is 4.79 Å². The standard InChI is InChI=1S/C23H16BrClN2O2/c24-16-8-11-21-18(12-16)20-13-19(14-6-9-17(25)10-7-14)26-27(20)23(29-21)22(28)15-4-2-1-3-5-15/h1-12,20,23H,13H2/t20-,23+/m1/s1. The Kier molecular flexibility index (Phi) is 4.64. The Morgan fingerprint density at radius 3 is 2.59 bits per heavy atom. The summed E-state index contributed by atoms with van der Waals surface area (Å²) in [7, 11) is 0. The van der Waals surface area contributed by atoms with Crippen LogP contribution in [0.15, 0.2) is 82.4 Å². The quantitative estimate of drug-likeness (QED) is 0.453. The lowest BCUT2D eigenvalue weighted by Gasteiger charge is -2.37. The number of hydrazone groups is 1. The van der Waals surface area contributed by atoms with E-state index in [-0.39, 0.29) is 11.8 Å². The number of fused-ring (bicyclic) bond motifs is 3. The molecule has 2 atom stereocenters. The lowest BCUT2D eigenvalue weighted by atomic mass is 9.96. The average Bonchev–Trinajstić information content (AvgIpc) is 3.20. The van der Waals surface area contributed by atoms with Gasteiger partial charge in [-0.2, -0.15) is 5.10 Å². The summed E-state index contributed by atoms with van der Waals surface area (Å²) in [6.07, 6.45) is -0.117. The molecule has 0 amide bonds. The van der Waals surface area contributed by atoms with E-state index in [9.17, 15) is 4.79 Å². The van der Waals surface area contributed by atoms with E-state index in [4.69, 9.17) is 21.4 Å². The normalized spacial score (nSPS) is 19.8. The van der Waals surface area contributed by atoms with Crippen LogP contribution in [-0.4, -0.2) is 22.7 Å². The molecule has 0 N–H and O–H groups in total. The molecule has 0 unspecified atom stereocenters. The van der Waals surface area contributed by atoms with Crippen LogP contribution in [0.2, 0.25) is 5.02 Å². The number of hydrogen-bond donors (Lipinski definition) is 0. The maximum atomic E-state index is 13.2. The molecule has 4 nitrogen and oxygen atoms in total. The summed E-state index contributed by atoms with van der Waals surface area (Å²) in [5.41, 5.74) is 3.52. The van der Waals surface area contributed by atoms with Crippen molar-refractivity contribution >= 4 is 39.0 Å². The minimum atomic E-state index is -0.805. The first-order valence-corrected chi connectivity index (χ1v) is 10.4. The van der Waals surface area contributed by atoms with E-state index in [1.807, 2.05) is 60.7 Å². The van der Waals surface area contributed by atoms with Gasteiger partial charge in [0, 0.05) is 27.0 Å². The van der Waals surface area contributed by atoms with Crippen LogP contribution >= 0.6 is 27.5 Å². The molecule has 144 valence electrons. The van der Waals surface area contributed by atoms with Crippen LogP contribution < -0.4 is 4.74 Å². The van der Waals surface area contributed by atoms with Crippen LogP contribution in [-0.2, 0) is 0 Å². The van der Waals surface area contributed by atoms with Crippen molar-refractivity contribution in [3.05, 3.63) is 99.0 Å². The fraction of sp³-hybridized carbons (Fsp3) is 0.130. The first-order valence-electron chi connectivity index (χ1n) is 9.27. The van der Waals surface area contributed by atoms with Crippen LogP contribution in [0.4, 0.5) is 0 Å². The summed E-state index contributed by atoms with van der Waals surface area (Å²) in [6.45, 7) is 0. The van der Waals surface area contributed by atoms with E-state index in [1.165, 1.54) is 0 Å². The fourth-order valence-corrected chi connectivity index (χ4v) is 4.30. The molecule has 3 aromatic carbocycles. The minimum absolute atomic E-state index is 0.0698. The lowest BCUT2D eigenvalue weighted by Crippen LogP contribution is -2.45. The molecule has 0 radical (unpaired) electrons. The van der Waals surface area contributed by atoms with Crippen molar-refractivity contribution in [2.75, 3.05) is 0 Å². The van der Waals surface area contributed by atoms with Crippen molar-refractivity contribution in [3.63, 3.8) is 0 Å². The summed E-state index contributed by atoms with van der Waals surface area (Å²) in [5, 5.41) is 7.29. The first kappa shape index (κ1) is 18.4. The lowest BCUT2D eigenvalue weighted by molar-refractivity contribution is -0.00459. The minimum Gasteiger partial charge on any atom is -0.461 e. The van der Waals surface area contributed by atoms with Crippen molar-refractivity contribution in [1.82, 2.24) is 5.01 Å². The molecule has 0 spiro atoms. The van der Waals surface area contributed by atoms with Gasteiger partial charge in [-0.25, -0.2) is 5.01 Å². The van der Waals surface area contributed by atoms with Crippen molar-refractivity contribution < 1.29 is 9.53 Å². The van der Waals surface area contributed by atoms with Gasteiger partial charge >= 0.3 is 0 Å². The summed E-state index contributed by atoms with van der Waals surface area (Å²) >= 11 is 9.58. The number of carbonyl (C=O) groups excluding carboxylic acids is 1. The van der Waals surface area contributed by atoms with Gasteiger partial charge in [-0.05, 0) is 35.9 Å². The summed E-state index contributed by atoms with van der Waals surface area (Å²) in [5.74, 6) is 0.613. The van der Waals surface area contributed by atoms with Crippen LogP contribution in [0.5, 0.6) is 5.75 Å². The number of ether oxygens (including phenoxy) is 1. The molecule has 2 aliphatic heterocycles.